The number of rotatable bonds is 4. The van der Waals surface area contributed by atoms with Crippen molar-refractivity contribution in [2.24, 2.45) is 11.8 Å². The summed E-state index contributed by atoms with van der Waals surface area (Å²) in [6.45, 7) is 7.02. The molecule has 5 nitrogen and oxygen atoms in total. The maximum absolute atomic E-state index is 11.9. The number of carbonyl (C=O) groups is 2. The van der Waals surface area contributed by atoms with Gasteiger partial charge in [0, 0.05) is 0 Å². The summed E-state index contributed by atoms with van der Waals surface area (Å²) in [6, 6.07) is 0. The highest BCUT2D eigenvalue weighted by atomic mass is 16.6. The first-order valence-corrected chi connectivity index (χ1v) is 6.46. The lowest BCUT2D eigenvalue weighted by Crippen LogP contribution is -2.36. The Balaban J connectivity index is 2.58. The van der Waals surface area contributed by atoms with Crippen LogP contribution in [0, 0.1) is 11.8 Å². The first-order valence-electron chi connectivity index (χ1n) is 6.46. The highest BCUT2D eigenvalue weighted by molar-refractivity contribution is 5.94. The zero-order valence-electron chi connectivity index (χ0n) is 11.4. The third kappa shape index (κ3) is 5.04. The van der Waals surface area contributed by atoms with Crippen LogP contribution >= 0.6 is 0 Å². The zero-order chi connectivity index (χ0) is 13.8. The van der Waals surface area contributed by atoms with Crippen molar-refractivity contribution >= 4 is 11.9 Å². The van der Waals surface area contributed by atoms with Crippen LogP contribution in [0.4, 0.5) is 0 Å². The molecule has 1 heterocycles. The Morgan fingerprint density at radius 1 is 1.33 bits per heavy atom. The van der Waals surface area contributed by atoms with Gasteiger partial charge < -0.3 is 15.2 Å². The van der Waals surface area contributed by atoms with E-state index in [1.54, 1.807) is 20.8 Å². The Morgan fingerprint density at radius 3 is 2.33 bits per heavy atom. The topological polar surface area (TPSA) is 75.6 Å². The summed E-state index contributed by atoms with van der Waals surface area (Å²) >= 11 is 0. The minimum absolute atomic E-state index is 0.292. The highest BCUT2D eigenvalue weighted by Gasteiger charge is 2.33. The average Bonchev–Trinajstić information content (AvgIpc) is 2.24. The van der Waals surface area contributed by atoms with Crippen molar-refractivity contribution < 1.29 is 19.4 Å². The van der Waals surface area contributed by atoms with Crippen molar-refractivity contribution in [3.05, 3.63) is 0 Å². The lowest BCUT2D eigenvalue weighted by Gasteiger charge is -2.26. The lowest BCUT2D eigenvalue weighted by molar-refractivity contribution is -0.167. The van der Waals surface area contributed by atoms with E-state index in [-0.39, 0.29) is 0 Å². The molecular formula is C13H23NO4. The van der Waals surface area contributed by atoms with E-state index in [2.05, 4.69) is 5.32 Å². The fraction of sp³-hybridized carbons (Fsp3) is 0.846. The number of carboxylic acid groups (broad SMARTS) is 1. The molecule has 18 heavy (non-hydrogen) atoms. The summed E-state index contributed by atoms with van der Waals surface area (Å²) in [5, 5.41) is 12.4. The maximum atomic E-state index is 11.9. The molecule has 1 aliphatic rings. The monoisotopic (exact) mass is 257 g/mol. The number of carbonyl (C=O) groups excluding carboxylic acids is 1. The van der Waals surface area contributed by atoms with Crippen LogP contribution in [0.5, 0.6) is 0 Å². The van der Waals surface area contributed by atoms with Gasteiger partial charge in [-0.25, -0.2) is 0 Å². The molecule has 0 bridgehead atoms. The van der Waals surface area contributed by atoms with Crippen molar-refractivity contribution in [2.75, 3.05) is 13.1 Å². The van der Waals surface area contributed by atoms with Gasteiger partial charge in [0.2, 0.25) is 0 Å². The highest BCUT2D eigenvalue weighted by Crippen LogP contribution is 2.23. The van der Waals surface area contributed by atoms with Gasteiger partial charge in [-0.2, -0.15) is 0 Å². The number of esters is 1. The van der Waals surface area contributed by atoms with E-state index < -0.39 is 23.5 Å². The fourth-order valence-corrected chi connectivity index (χ4v) is 2.12. The molecule has 0 aromatic heterocycles. The van der Waals surface area contributed by atoms with Gasteiger partial charge >= 0.3 is 11.9 Å². The van der Waals surface area contributed by atoms with Crippen LogP contribution in [0.15, 0.2) is 0 Å². The molecule has 104 valence electrons. The van der Waals surface area contributed by atoms with E-state index in [0.29, 0.717) is 12.3 Å². The number of hydrogen-bond donors (Lipinski definition) is 2. The molecule has 0 aliphatic carbocycles. The second kappa shape index (κ2) is 6.18. The van der Waals surface area contributed by atoms with E-state index >= 15 is 0 Å². The first-order chi connectivity index (χ1) is 8.29. The van der Waals surface area contributed by atoms with Crippen molar-refractivity contribution in [1.29, 1.82) is 0 Å². The Morgan fingerprint density at radius 2 is 1.89 bits per heavy atom. The van der Waals surface area contributed by atoms with Crippen molar-refractivity contribution in [2.45, 2.75) is 45.6 Å². The fourth-order valence-electron chi connectivity index (χ4n) is 2.12. The van der Waals surface area contributed by atoms with Crippen LogP contribution in [-0.2, 0) is 14.3 Å². The van der Waals surface area contributed by atoms with Crippen LogP contribution in [0.2, 0.25) is 0 Å². The second-order valence-electron chi connectivity index (χ2n) is 5.85. The summed E-state index contributed by atoms with van der Waals surface area (Å²) in [5.74, 6) is -2.44. The molecule has 0 saturated carbocycles. The molecular weight excluding hydrogens is 234 g/mol. The Hall–Kier alpha value is -1.10. The number of piperidine rings is 1. The van der Waals surface area contributed by atoms with Gasteiger partial charge in [0.05, 0.1) is 0 Å². The molecule has 1 fully saturated rings. The molecule has 0 aromatic carbocycles. The lowest BCUT2D eigenvalue weighted by atomic mass is 9.87. The van der Waals surface area contributed by atoms with E-state index in [4.69, 9.17) is 9.84 Å². The Bertz CT molecular complexity index is 303. The number of aliphatic carboxylic acids is 1. The predicted octanol–water partition coefficient (Wildman–Crippen LogP) is 1.42. The van der Waals surface area contributed by atoms with Crippen LogP contribution in [0.1, 0.15) is 40.0 Å². The number of ether oxygens (including phenoxy) is 1. The third-order valence-corrected chi connectivity index (χ3v) is 3.02. The first kappa shape index (κ1) is 15.0. The van der Waals surface area contributed by atoms with E-state index in [9.17, 15) is 9.59 Å². The molecule has 5 heteroatoms. The van der Waals surface area contributed by atoms with E-state index in [1.807, 2.05) is 0 Å². The Kier molecular flexibility index (Phi) is 5.14. The van der Waals surface area contributed by atoms with Crippen molar-refractivity contribution in [3.8, 4) is 0 Å². The molecule has 2 N–H and O–H groups in total. The molecule has 0 spiro atoms. The number of carboxylic acids is 1. The summed E-state index contributed by atoms with van der Waals surface area (Å²) in [7, 11) is 0. The molecule has 0 aromatic rings. The second-order valence-corrected chi connectivity index (χ2v) is 5.85. The summed E-state index contributed by atoms with van der Waals surface area (Å²) in [5.41, 5.74) is -0.640. The van der Waals surface area contributed by atoms with Crippen LogP contribution < -0.4 is 5.32 Å². The molecule has 1 saturated heterocycles. The minimum atomic E-state index is -1.08. The maximum Gasteiger partial charge on any atom is 0.320 e. The Labute approximate surface area is 108 Å². The quantitative estimate of drug-likeness (QED) is 0.588. The van der Waals surface area contributed by atoms with Crippen molar-refractivity contribution in [3.63, 3.8) is 0 Å². The predicted molar refractivity (Wildman–Crippen MR) is 67.2 cm³/mol. The van der Waals surface area contributed by atoms with E-state index in [1.165, 1.54) is 0 Å². The van der Waals surface area contributed by atoms with E-state index in [0.717, 1.165) is 25.9 Å². The molecule has 1 atom stereocenters. The number of hydrogen-bond acceptors (Lipinski definition) is 4. The zero-order valence-corrected chi connectivity index (χ0v) is 11.4. The minimum Gasteiger partial charge on any atom is -0.481 e. The smallest absolute Gasteiger partial charge is 0.320 e. The summed E-state index contributed by atoms with van der Waals surface area (Å²) < 4.78 is 5.17. The van der Waals surface area contributed by atoms with Gasteiger partial charge in [0.25, 0.3) is 0 Å². The third-order valence-electron chi connectivity index (χ3n) is 3.02. The van der Waals surface area contributed by atoms with Crippen LogP contribution in [-0.4, -0.2) is 35.7 Å². The summed E-state index contributed by atoms with van der Waals surface area (Å²) in [6.07, 6.45) is 2.23. The van der Waals surface area contributed by atoms with Gasteiger partial charge in [0.1, 0.15) is 5.60 Å². The van der Waals surface area contributed by atoms with Gasteiger partial charge in [-0.15, -0.1) is 0 Å². The molecule has 1 aliphatic heterocycles. The van der Waals surface area contributed by atoms with Gasteiger partial charge in [-0.1, -0.05) is 0 Å². The molecule has 0 radical (unpaired) electrons. The normalized spacial score (nSPS) is 19.3. The van der Waals surface area contributed by atoms with Gasteiger partial charge in [0.15, 0.2) is 5.92 Å². The molecule has 0 amide bonds. The van der Waals surface area contributed by atoms with Gasteiger partial charge in [-0.05, 0) is 59.0 Å². The van der Waals surface area contributed by atoms with Crippen LogP contribution in [0.3, 0.4) is 0 Å². The average molecular weight is 257 g/mol. The molecule has 1 unspecified atom stereocenters. The largest absolute Gasteiger partial charge is 0.481 e. The van der Waals surface area contributed by atoms with Gasteiger partial charge in [-0.3, -0.25) is 9.59 Å². The van der Waals surface area contributed by atoms with Crippen molar-refractivity contribution in [1.82, 2.24) is 5.32 Å². The van der Waals surface area contributed by atoms with Crippen LogP contribution in [0.25, 0.3) is 0 Å². The summed E-state index contributed by atoms with van der Waals surface area (Å²) in [4.78, 5) is 23.0. The SMILES string of the molecule is CC(C)(C)OC(=O)C(CC1CCNCC1)C(=O)O. The molecule has 1 rings (SSSR count). The standard InChI is InChI=1S/C13H23NO4/c1-13(2,3)18-12(17)10(11(15)16)8-9-4-6-14-7-5-9/h9-10,14H,4-8H2,1-3H3,(H,15,16). The number of nitrogens with one attached hydrogen (secondary N) is 1.